The van der Waals surface area contributed by atoms with Gasteiger partial charge in [-0.1, -0.05) is 0 Å². The fraction of sp³-hybridized carbons (Fsp3) is 0.750. The van der Waals surface area contributed by atoms with Crippen LogP contribution in [0.1, 0.15) is 6.92 Å². The van der Waals surface area contributed by atoms with Gasteiger partial charge < -0.3 is 10.2 Å². The topological polar surface area (TPSA) is 15.3 Å². The molecule has 0 rings (SSSR count). The number of nitrogens with zero attached hydrogens (tertiary/aromatic N) is 1. The summed E-state index contributed by atoms with van der Waals surface area (Å²) in [7, 11) is 6.14. The maximum absolute atomic E-state index is 3.11. The second-order valence-electron chi connectivity index (χ2n) is 2.37. The first kappa shape index (κ1) is 12.3. The van der Waals surface area contributed by atoms with Crippen LogP contribution < -0.4 is 5.32 Å². The Bertz CT molecular complexity index is 62.3. The SMILES string of the molecule is C=C.CNC[C@@H](C)N(C)C. The van der Waals surface area contributed by atoms with Gasteiger partial charge in [0.1, 0.15) is 0 Å². The Labute approximate surface area is 64.9 Å². The van der Waals surface area contributed by atoms with Gasteiger partial charge in [-0.15, -0.1) is 13.2 Å². The predicted octanol–water partition coefficient (Wildman–Crippen LogP) is 0.958. The molecule has 0 spiro atoms. The Hall–Kier alpha value is -0.340. The number of rotatable bonds is 3. The standard InChI is InChI=1S/C6H16N2.C2H4/c1-6(5-7-2)8(3)4;1-2/h6-7H,5H2,1-4H3;1-2H2/t6-;/m1./s1. The molecule has 0 aliphatic heterocycles. The summed E-state index contributed by atoms with van der Waals surface area (Å²) in [5, 5.41) is 3.11. The van der Waals surface area contributed by atoms with E-state index in [0.29, 0.717) is 6.04 Å². The van der Waals surface area contributed by atoms with Gasteiger partial charge in [0.05, 0.1) is 0 Å². The second kappa shape index (κ2) is 8.66. The molecular formula is C8H20N2. The molecule has 0 fully saturated rings. The maximum Gasteiger partial charge on any atom is 0.0186 e. The van der Waals surface area contributed by atoms with E-state index in [4.69, 9.17) is 0 Å². The minimum absolute atomic E-state index is 0.639. The van der Waals surface area contributed by atoms with Crippen LogP contribution in [0.4, 0.5) is 0 Å². The molecule has 0 aliphatic carbocycles. The first-order chi connectivity index (χ1) is 4.68. The summed E-state index contributed by atoms with van der Waals surface area (Å²) in [5.41, 5.74) is 0. The zero-order valence-electron chi connectivity index (χ0n) is 7.65. The van der Waals surface area contributed by atoms with E-state index in [1.165, 1.54) is 0 Å². The van der Waals surface area contributed by atoms with Crippen molar-refractivity contribution in [3.63, 3.8) is 0 Å². The summed E-state index contributed by atoms with van der Waals surface area (Å²) in [6, 6.07) is 0.639. The Morgan fingerprint density at radius 1 is 1.40 bits per heavy atom. The van der Waals surface area contributed by atoms with Crippen molar-refractivity contribution >= 4 is 0 Å². The molecule has 10 heavy (non-hydrogen) atoms. The Balaban J connectivity index is 0. The van der Waals surface area contributed by atoms with Gasteiger partial charge in [-0.2, -0.15) is 0 Å². The minimum Gasteiger partial charge on any atom is -0.318 e. The number of hydrogen-bond acceptors (Lipinski definition) is 2. The molecule has 0 aliphatic rings. The van der Waals surface area contributed by atoms with E-state index >= 15 is 0 Å². The summed E-state index contributed by atoms with van der Waals surface area (Å²) in [6.07, 6.45) is 0. The van der Waals surface area contributed by atoms with Crippen LogP contribution in [0, 0.1) is 0 Å². The van der Waals surface area contributed by atoms with E-state index in [2.05, 4.69) is 44.4 Å². The number of likely N-dealkylation sites (N-methyl/N-ethyl adjacent to an activating group) is 2. The first-order valence-electron chi connectivity index (χ1n) is 3.49. The molecule has 0 saturated heterocycles. The van der Waals surface area contributed by atoms with E-state index in [9.17, 15) is 0 Å². The van der Waals surface area contributed by atoms with Gasteiger partial charge in [0.15, 0.2) is 0 Å². The number of hydrogen-bond donors (Lipinski definition) is 1. The summed E-state index contributed by atoms with van der Waals surface area (Å²) < 4.78 is 0. The van der Waals surface area contributed by atoms with Crippen molar-refractivity contribution in [3.05, 3.63) is 13.2 Å². The second-order valence-corrected chi connectivity index (χ2v) is 2.37. The molecule has 1 atom stereocenters. The number of nitrogens with one attached hydrogen (secondary N) is 1. The van der Waals surface area contributed by atoms with Gasteiger partial charge in [-0.3, -0.25) is 0 Å². The van der Waals surface area contributed by atoms with Crippen LogP contribution in [0.15, 0.2) is 13.2 Å². The van der Waals surface area contributed by atoms with Gasteiger partial charge in [0.25, 0.3) is 0 Å². The van der Waals surface area contributed by atoms with Gasteiger partial charge in [0, 0.05) is 12.6 Å². The molecular weight excluding hydrogens is 124 g/mol. The van der Waals surface area contributed by atoms with Crippen LogP contribution in [0.25, 0.3) is 0 Å². The van der Waals surface area contributed by atoms with Gasteiger partial charge in [-0.05, 0) is 28.1 Å². The third kappa shape index (κ3) is 7.66. The Kier molecular flexibility index (Phi) is 10.7. The summed E-state index contributed by atoms with van der Waals surface area (Å²) >= 11 is 0. The normalized spacial score (nSPS) is 12.1. The smallest absolute Gasteiger partial charge is 0.0186 e. The highest BCUT2D eigenvalue weighted by atomic mass is 15.1. The van der Waals surface area contributed by atoms with Crippen molar-refractivity contribution in [1.82, 2.24) is 10.2 Å². The lowest BCUT2D eigenvalue weighted by atomic mass is 10.3. The lowest BCUT2D eigenvalue weighted by Gasteiger charge is -2.18. The van der Waals surface area contributed by atoms with Crippen molar-refractivity contribution in [3.8, 4) is 0 Å². The molecule has 2 nitrogen and oxygen atoms in total. The van der Waals surface area contributed by atoms with Crippen molar-refractivity contribution in [2.45, 2.75) is 13.0 Å². The monoisotopic (exact) mass is 144 g/mol. The molecule has 0 amide bonds. The van der Waals surface area contributed by atoms with Crippen LogP contribution in [-0.2, 0) is 0 Å². The Morgan fingerprint density at radius 3 is 1.90 bits per heavy atom. The average molecular weight is 144 g/mol. The van der Waals surface area contributed by atoms with Crippen LogP contribution in [-0.4, -0.2) is 38.6 Å². The van der Waals surface area contributed by atoms with E-state index in [0.717, 1.165) is 6.54 Å². The summed E-state index contributed by atoms with van der Waals surface area (Å²) in [5.74, 6) is 0. The highest BCUT2D eigenvalue weighted by Gasteiger charge is 1.99. The van der Waals surface area contributed by atoms with Crippen LogP contribution in [0.3, 0.4) is 0 Å². The maximum atomic E-state index is 3.11. The van der Waals surface area contributed by atoms with Crippen molar-refractivity contribution in [2.24, 2.45) is 0 Å². The lowest BCUT2D eigenvalue weighted by molar-refractivity contribution is 0.308. The van der Waals surface area contributed by atoms with Crippen molar-refractivity contribution in [1.29, 1.82) is 0 Å². The summed E-state index contributed by atoms with van der Waals surface area (Å²) in [4.78, 5) is 2.19. The summed E-state index contributed by atoms with van der Waals surface area (Å²) in [6.45, 7) is 9.25. The highest BCUT2D eigenvalue weighted by Crippen LogP contribution is 1.86. The molecule has 1 N–H and O–H groups in total. The van der Waals surface area contributed by atoms with Gasteiger partial charge in [0.2, 0.25) is 0 Å². The Morgan fingerprint density at radius 2 is 1.80 bits per heavy atom. The molecule has 0 heterocycles. The third-order valence-electron chi connectivity index (χ3n) is 1.38. The highest BCUT2D eigenvalue weighted by molar-refractivity contribution is 4.59. The molecule has 0 aromatic carbocycles. The fourth-order valence-electron chi connectivity index (χ4n) is 0.478. The largest absolute Gasteiger partial charge is 0.318 e. The molecule has 62 valence electrons. The molecule has 0 unspecified atom stereocenters. The van der Waals surface area contributed by atoms with Gasteiger partial charge in [-0.25, -0.2) is 0 Å². The van der Waals surface area contributed by atoms with Crippen molar-refractivity contribution in [2.75, 3.05) is 27.7 Å². The van der Waals surface area contributed by atoms with Crippen molar-refractivity contribution < 1.29 is 0 Å². The average Bonchev–Trinajstić information content (AvgIpc) is 1.93. The van der Waals surface area contributed by atoms with E-state index < -0.39 is 0 Å². The van der Waals surface area contributed by atoms with E-state index in [1.54, 1.807) is 0 Å². The molecule has 0 radical (unpaired) electrons. The van der Waals surface area contributed by atoms with E-state index in [1.807, 2.05) is 7.05 Å². The van der Waals surface area contributed by atoms with Crippen LogP contribution in [0.5, 0.6) is 0 Å². The minimum atomic E-state index is 0.639. The van der Waals surface area contributed by atoms with Crippen LogP contribution >= 0.6 is 0 Å². The molecule has 0 bridgehead atoms. The molecule has 0 aromatic rings. The van der Waals surface area contributed by atoms with Crippen LogP contribution in [0.2, 0.25) is 0 Å². The zero-order chi connectivity index (χ0) is 8.57. The first-order valence-corrected chi connectivity index (χ1v) is 3.49. The predicted molar refractivity (Wildman–Crippen MR) is 48.3 cm³/mol. The third-order valence-corrected chi connectivity index (χ3v) is 1.38. The zero-order valence-corrected chi connectivity index (χ0v) is 7.65. The molecule has 0 aromatic heterocycles. The fourth-order valence-corrected chi connectivity index (χ4v) is 0.478. The lowest BCUT2D eigenvalue weighted by Crippen LogP contribution is -2.33. The molecule has 2 heteroatoms. The van der Waals surface area contributed by atoms with E-state index in [-0.39, 0.29) is 0 Å². The molecule has 0 saturated carbocycles. The quantitative estimate of drug-likeness (QED) is 0.593. The van der Waals surface area contributed by atoms with Gasteiger partial charge >= 0.3 is 0 Å².